The minimum atomic E-state index is -0.210. The van der Waals surface area contributed by atoms with Gasteiger partial charge in [0.1, 0.15) is 17.6 Å². The Bertz CT molecular complexity index is 1460. The van der Waals surface area contributed by atoms with Crippen molar-refractivity contribution in [3.05, 3.63) is 77.9 Å². The number of aromatic nitrogens is 4. The Labute approximate surface area is 213 Å². The van der Waals surface area contributed by atoms with E-state index in [9.17, 15) is 10.1 Å². The Hall–Kier alpha value is -4.03. The molecular formula is C27H26N6O2S. The summed E-state index contributed by atoms with van der Waals surface area (Å²) >= 11 is 1.30. The first-order valence-corrected chi connectivity index (χ1v) is 12.8. The molecule has 0 bridgehead atoms. The minimum absolute atomic E-state index is 0.120. The van der Waals surface area contributed by atoms with E-state index in [2.05, 4.69) is 28.2 Å². The highest BCUT2D eigenvalue weighted by Gasteiger charge is 2.27. The molecular weight excluding hydrogens is 472 g/mol. The van der Waals surface area contributed by atoms with E-state index in [-0.39, 0.29) is 11.7 Å². The first-order valence-electron chi connectivity index (χ1n) is 11.9. The summed E-state index contributed by atoms with van der Waals surface area (Å²) in [5.74, 6) is 1.87. The number of fused-ring (bicyclic) bond motifs is 1. The molecule has 1 aliphatic rings. The van der Waals surface area contributed by atoms with Crippen LogP contribution in [-0.2, 0) is 24.2 Å². The Morgan fingerprint density at radius 1 is 1.25 bits per heavy atom. The van der Waals surface area contributed by atoms with Gasteiger partial charge in [-0.3, -0.25) is 13.9 Å². The molecule has 0 radical (unpaired) electrons. The Morgan fingerprint density at radius 3 is 2.78 bits per heavy atom. The second-order valence-corrected chi connectivity index (χ2v) is 9.51. The summed E-state index contributed by atoms with van der Waals surface area (Å²) in [6.07, 6.45) is 7.21. The number of aryl methyl sites for hydroxylation is 1. The van der Waals surface area contributed by atoms with Gasteiger partial charge in [-0.25, -0.2) is 0 Å². The van der Waals surface area contributed by atoms with Gasteiger partial charge in [-0.1, -0.05) is 36.0 Å². The maximum Gasteiger partial charge on any atom is 0.236 e. The molecule has 3 aromatic heterocycles. The number of nitrogens with zero attached hydrogens (tertiary/aromatic N) is 5. The van der Waals surface area contributed by atoms with Gasteiger partial charge in [0, 0.05) is 17.9 Å². The maximum atomic E-state index is 13.2. The maximum absolute atomic E-state index is 13.2. The second kappa shape index (κ2) is 10.3. The highest BCUT2D eigenvalue weighted by molar-refractivity contribution is 7.99. The van der Waals surface area contributed by atoms with Crippen LogP contribution >= 0.6 is 11.8 Å². The van der Waals surface area contributed by atoms with E-state index in [4.69, 9.17) is 4.42 Å². The summed E-state index contributed by atoms with van der Waals surface area (Å²) < 4.78 is 9.37. The zero-order valence-corrected chi connectivity index (χ0v) is 20.8. The van der Waals surface area contributed by atoms with Crippen LogP contribution in [0.5, 0.6) is 0 Å². The quantitative estimate of drug-likeness (QED) is 0.261. The molecule has 0 unspecified atom stereocenters. The largest absolute Gasteiger partial charge is 0.469 e. The lowest BCUT2D eigenvalue weighted by Crippen LogP contribution is -2.18. The SMILES string of the molecule is C=CCn1c(SCC(=O)Nc2c(C#N)c3c(n2-c2ccccc2)CCCC3)nnc1-c1ccoc1C. The number of furan rings is 1. The van der Waals surface area contributed by atoms with Gasteiger partial charge >= 0.3 is 0 Å². The summed E-state index contributed by atoms with van der Waals surface area (Å²) in [6.45, 7) is 6.21. The standard InChI is InChI=1S/C27H26N6O2S/c1-3-14-32-26(20-13-15-35-18(20)2)30-31-27(32)36-17-24(34)29-25-22(16-28)21-11-7-8-12-23(21)33(25)19-9-5-4-6-10-19/h3-6,9-10,13,15H,1,7-8,11-12,14,17H2,2H3,(H,29,34). The van der Waals surface area contributed by atoms with Crippen molar-refractivity contribution in [1.82, 2.24) is 19.3 Å². The zero-order valence-electron chi connectivity index (χ0n) is 20.0. The molecule has 8 nitrogen and oxygen atoms in total. The average molecular weight is 499 g/mol. The fourth-order valence-electron chi connectivity index (χ4n) is 4.70. The van der Waals surface area contributed by atoms with E-state index < -0.39 is 0 Å². The van der Waals surface area contributed by atoms with Crippen molar-refractivity contribution in [1.29, 1.82) is 5.26 Å². The number of carbonyl (C=O) groups excluding carboxylic acids is 1. The molecule has 1 aliphatic carbocycles. The fraction of sp³-hybridized carbons (Fsp3) is 0.259. The number of benzene rings is 1. The number of rotatable bonds is 8. The van der Waals surface area contributed by atoms with Gasteiger partial charge in [-0.05, 0) is 56.4 Å². The molecule has 1 N–H and O–H groups in total. The average Bonchev–Trinajstić information content (AvgIpc) is 3.58. The number of hydrogen-bond donors (Lipinski definition) is 1. The first-order chi connectivity index (χ1) is 17.6. The third kappa shape index (κ3) is 4.36. The molecule has 1 amide bonds. The van der Waals surface area contributed by atoms with Crippen LogP contribution in [0.4, 0.5) is 5.82 Å². The van der Waals surface area contributed by atoms with Crippen molar-refractivity contribution in [2.24, 2.45) is 0 Å². The lowest BCUT2D eigenvalue weighted by atomic mass is 9.95. The monoisotopic (exact) mass is 498 g/mol. The van der Waals surface area contributed by atoms with Crippen molar-refractivity contribution in [2.45, 2.75) is 44.3 Å². The number of nitriles is 1. The van der Waals surface area contributed by atoms with E-state index in [1.54, 1.807) is 12.3 Å². The molecule has 0 aliphatic heterocycles. The summed E-state index contributed by atoms with van der Waals surface area (Å²) in [6, 6.07) is 14.1. The molecule has 0 fully saturated rings. The van der Waals surface area contributed by atoms with E-state index in [1.165, 1.54) is 11.8 Å². The number of carbonyl (C=O) groups is 1. The molecule has 0 saturated heterocycles. The highest BCUT2D eigenvalue weighted by atomic mass is 32.2. The number of thioether (sulfide) groups is 1. The van der Waals surface area contributed by atoms with Gasteiger partial charge in [0.2, 0.25) is 5.91 Å². The second-order valence-electron chi connectivity index (χ2n) is 8.57. The summed E-state index contributed by atoms with van der Waals surface area (Å²) in [4.78, 5) is 13.2. The van der Waals surface area contributed by atoms with Gasteiger partial charge in [-0.2, -0.15) is 5.26 Å². The topological polar surface area (TPSA) is 102 Å². The number of para-hydroxylation sites is 1. The van der Waals surface area contributed by atoms with Crippen LogP contribution in [-0.4, -0.2) is 31.0 Å². The summed E-state index contributed by atoms with van der Waals surface area (Å²) in [5.41, 5.74) is 4.50. The predicted octanol–water partition coefficient (Wildman–Crippen LogP) is 5.30. The van der Waals surface area contributed by atoms with E-state index in [1.807, 2.05) is 52.5 Å². The van der Waals surface area contributed by atoms with Gasteiger partial charge in [0.25, 0.3) is 0 Å². The van der Waals surface area contributed by atoms with Crippen LogP contribution in [0.1, 0.15) is 35.4 Å². The van der Waals surface area contributed by atoms with Crippen molar-refractivity contribution >= 4 is 23.5 Å². The van der Waals surface area contributed by atoms with E-state index in [0.717, 1.165) is 54.0 Å². The molecule has 1 aromatic carbocycles. The van der Waals surface area contributed by atoms with Crippen LogP contribution in [0.2, 0.25) is 0 Å². The highest BCUT2D eigenvalue weighted by Crippen LogP contribution is 2.36. The third-order valence-corrected chi connectivity index (χ3v) is 7.28. The number of nitrogens with one attached hydrogen (secondary N) is 1. The molecule has 4 aromatic rings. The smallest absolute Gasteiger partial charge is 0.236 e. The Balaban J connectivity index is 1.41. The molecule has 0 saturated carbocycles. The van der Waals surface area contributed by atoms with Crippen LogP contribution in [0.15, 0.2) is 64.9 Å². The predicted molar refractivity (Wildman–Crippen MR) is 139 cm³/mol. The minimum Gasteiger partial charge on any atom is -0.469 e. The van der Waals surface area contributed by atoms with Crippen LogP contribution < -0.4 is 5.32 Å². The summed E-state index contributed by atoms with van der Waals surface area (Å²) in [7, 11) is 0. The van der Waals surface area contributed by atoms with E-state index >= 15 is 0 Å². The van der Waals surface area contributed by atoms with Crippen molar-refractivity contribution in [2.75, 3.05) is 11.1 Å². The Morgan fingerprint density at radius 2 is 2.06 bits per heavy atom. The molecule has 36 heavy (non-hydrogen) atoms. The number of hydrogen-bond acceptors (Lipinski definition) is 6. The van der Waals surface area contributed by atoms with Gasteiger partial charge in [-0.15, -0.1) is 16.8 Å². The van der Waals surface area contributed by atoms with Gasteiger partial charge in [0.15, 0.2) is 11.0 Å². The lowest BCUT2D eigenvalue weighted by molar-refractivity contribution is -0.113. The number of amides is 1. The first kappa shape index (κ1) is 23.7. The molecule has 0 spiro atoms. The van der Waals surface area contributed by atoms with Crippen LogP contribution in [0.25, 0.3) is 17.1 Å². The van der Waals surface area contributed by atoms with Crippen LogP contribution in [0, 0.1) is 18.3 Å². The van der Waals surface area contributed by atoms with Gasteiger partial charge in [0.05, 0.1) is 23.1 Å². The third-order valence-electron chi connectivity index (χ3n) is 6.32. The van der Waals surface area contributed by atoms with Crippen molar-refractivity contribution in [3.8, 4) is 23.1 Å². The Kier molecular flexibility index (Phi) is 6.78. The van der Waals surface area contributed by atoms with Crippen molar-refractivity contribution < 1.29 is 9.21 Å². The summed E-state index contributed by atoms with van der Waals surface area (Å²) in [5, 5.41) is 22.3. The molecule has 0 atom stereocenters. The normalized spacial score (nSPS) is 12.7. The zero-order chi connectivity index (χ0) is 25.1. The molecule has 5 rings (SSSR count). The number of allylic oxidation sites excluding steroid dienone is 1. The van der Waals surface area contributed by atoms with Gasteiger partial charge < -0.3 is 9.73 Å². The van der Waals surface area contributed by atoms with Crippen LogP contribution in [0.3, 0.4) is 0 Å². The molecule has 3 heterocycles. The van der Waals surface area contributed by atoms with E-state index in [0.29, 0.717) is 28.9 Å². The number of anilines is 1. The molecule has 182 valence electrons. The lowest BCUT2D eigenvalue weighted by Gasteiger charge is -2.17. The fourth-order valence-corrected chi connectivity index (χ4v) is 5.45. The van der Waals surface area contributed by atoms with Crippen molar-refractivity contribution in [3.63, 3.8) is 0 Å². The molecule has 9 heteroatoms.